The molecule has 1 atom stereocenters. The number of hydrogen-bond acceptors (Lipinski definition) is 6. The second-order valence-corrected chi connectivity index (χ2v) is 16.4. The van der Waals surface area contributed by atoms with E-state index in [2.05, 4.69) is 81.5 Å². The first kappa shape index (κ1) is 56.1. The van der Waals surface area contributed by atoms with E-state index >= 15 is 0 Å². The normalized spacial score (nSPS) is 12.5. The van der Waals surface area contributed by atoms with Gasteiger partial charge in [0.05, 0.1) is 0 Å². The first-order valence-electron chi connectivity index (χ1n) is 24.8. The first-order chi connectivity index (χ1) is 29.0. The molecule has 0 amide bonds. The van der Waals surface area contributed by atoms with Crippen LogP contribution in [0.15, 0.2) is 60.8 Å². The molecule has 0 aromatic rings. The molecular formula is C53H92O6. The highest BCUT2D eigenvalue weighted by Gasteiger charge is 2.19. The Balaban J connectivity index is 4.46. The fourth-order valence-corrected chi connectivity index (χ4v) is 6.73. The van der Waals surface area contributed by atoms with Gasteiger partial charge in [-0.3, -0.25) is 14.4 Å². The third-order valence-corrected chi connectivity index (χ3v) is 10.5. The average molecular weight is 825 g/mol. The third-order valence-electron chi connectivity index (χ3n) is 10.5. The predicted molar refractivity (Wildman–Crippen MR) is 251 cm³/mol. The Morgan fingerprint density at radius 1 is 0.356 bits per heavy atom. The lowest BCUT2D eigenvalue weighted by molar-refractivity contribution is -0.167. The fourth-order valence-electron chi connectivity index (χ4n) is 6.73. The Bertz CT molecular complexity index is 1090. The monoisotopic (exact) mass is 825 g/mol. The number of hydrogen-bond donors (Lipinski definition) is 0. The lowest BCUT2D eigenvalue weighted by atomic mass is 10.0. The zero-order chi connectivity index (χ0) is 43.0. The maximum Gasteiger partial charge on any atom is 0.306 e. The molecule has 0 N–H and O–H groups in total. The van der Waals surface area contributed by atoms with E-state index in [4.69, 9.17) is 14.2 Å². The summed E-state index contributed by atoms with van der Waals surface area (Å²) in [5, 5.41) is 0. The second-order valence-electron chi connectivity index (χ2n) is 16.4. The molecule has 0 saturated heterocycles. The minimum Gasteiger partial charge on any atom is -0.462 e. The molecule has 0 saturated carbocycles. The Morgan fingerprint density at radius 3 is 1.19 bits per heavy atom. The summed E-state index contributed by atoms with van der Waals surface area (Å²) in [5.74, 6) is -0.980. The van der Waals surface area contributed by atoms with Crippen LogP contribution in [0, 0.1) is 0 Å². The summed E-state index contributed by atoms with van der Waals surface area (Å²) >= 11 is 0. The minimum atomic E-state index is -0.801. The molecule has 0 bridgehead atoms. The molecule has 6 heteroatoms. The van der Waals surface area contributed by atoms with Crippen molar-refractivity contribution in [2.24, 2.45) is 0 Å². The molecule has 0 aliphatic heterocycles. The van der Waals surface area contributed by atoms with Crippen LogP contribution in [0.1, 0.15) is 239 Å². The molecule has 1 unspecified atom stereocenters. The van der Waals surface area contributed by atoms with E-state index in [1.165, 1.54) is 122 Å². The van der Waals surface area contributed by atoms with Gasteiger partial charge in [0.25, 0.3) is 0 Å². The van der Waals surface area contributed by atoms with Gasteiger partial charge >= 0.3 is 17.9 Å². The number of esters is 3. The topological polar surface area (TPSA) is 78.9 Å². The van der Waals surface area contributed by atoms with Crippen LogP contribution in [-0.4, -0.2) is 37.2 Å². The zero-order valence-electron chi connectivity index (χ0n) is 38.8. The second kappa shape index (κ2) is 47.8. The Morgan fingerprint density at radius 2 is 0.695 bits per heavy atom. The molecule has 0 rings (SSSR count). The quantitative estimate of drug-likeness (QED) is 0.0200. The number of carbonyl (C=O) groups is 3. The molecular weight excluding hydrogens is 733 g/mol. The molecule has 0 radical (unpaired) electrons. The van der Waals surface area contributed by atoms with Gasteiger partial charge in [0.15, 0.2) is 6.10 Å². The number of allylic oxidation sites excluding steroid dienone is 10. The van der Waals surface area contributed by atoms with Gasteiger partial charge in [-0.05, 0) is 70.6 Å². The summed E-state index contributed by atoms with van der Waals surface area (Å²) < 4.78 is 16.7. The van der Waals surface area contributed by atoms with Crippen LogP contribution >= 0.6 is 0 Å². The fraction of sp³-hybridized carbons (Fsp3) is 0.755. The summed E-state index contributed by atoms with van der Waals surface area (Å²) in [6.45, 7) is 6.51. The van der Waals surface area contributed by atoms with Gasteiger partial charge in [0.1, 0.15) is 13.2 Å². The van der Waals surface area contributed by atoms with E-state index in [1.54, 1.807) is 0 Å². The van der Waals surface area contributed by atoms with E-state index in [1.807, 2.05) is 0 Å². The number of carbonyl (C=O) groups excluding carboxylic acids is 3. The summed E-state index contributed by atoms with van der Waals surface area (Å²) in [4.78, 5) is 37.8. The van der Waals surface area contributed by atoms with Crippen molar-refractivity contribution in [1.82, 2.24) is 0 Å². The maximum atomic E-state index is 12.7. The number of unbranched alkanes of at least 4 members (excludes halogenated alkanes) is 24. The van der Waals surface area contributed by atoms with Gasteiger partial charge in [0, 0.05) is 19.3 Å². The lowest BCUT2D eigenvalue weighted by Gasteiger charge is -2.18. The van der Waals surface area contributed by atoms with Gasteiger partial charge in [0.2, 0.25) is 0 Å². The summed E-state index contributed by atoms with van der Waals surface area (Å²) in [5.41, 5.74) is 0. The van der Waals surface area contributed by atoms with Crippen molar-refractivity contribution in [3.8, 4) is 0 Å². The zero-order valence-corrected chi connectivity index (χ0v) is 38.8. The Kier molecular flexibility index (Phi) is 45.4. The standard InChI is InChI=1S/C53H92O6/c1-4-7-10-13-16-19-22-24-25-26-27-29-31-34-37-40-43-46-52(55)58-49-50(48-57-51(54)45-42-39-36-33-30-21-18-15-12-9-6-3)59-53(56)47-44-41-38-35-32-28-23-20-17-14-11-8-5-2/h15,18,21,24-25,27,29-30,34,37,50H,4-14,16-17,19-20,22-23,26,28,31-33,35-36,38-49H2,1-3H3/b18-15-,25-24-,29-27-,30-21-,37-34-. The first-order valence-corrected chi connectivity index (χ1v) is 24.8. The van der Waals surface area contributed by atoms with Crippen LogP contribution in [0.4, 0.5) is 0 Å². The highest BCUT2D eigenvalue weighted by Crippen LogP contribution is 2.14. The highest BCUT2D eigenvalue weighted by molar-refractivity contribution is 5.71. The largest absolute Gasteiger partial charge is 0.462 e. The molecule has 0 aromatic carbocycles. The van der Waals surface area contributed by atoms with Gasteiger partial charge in [-0.2, -0.15) is 0 Å². The van der Waals surface area contributed by atoms with E-state index in [0.717, 1.165) is 70.6 Å². The smallest absolute Gasteiger partial charge is 0.306 e. The Labute approximate surface area is 364 Å². The van der Waals surface area contributed by atoms with Gasteiger partial charge in [-0.1, -0.05) is 210 Å². The molecule has 0 aromatic heterocycles. The number of ether oxygens (including phenoxy) is 3. The van der Waals surface area contributed by atoms with E-state index < -0.39 is 6.10 Å². The molecule has 59 heavy (non-hydrogen) atoms. The van der Waals surface area contributed by atoms with E-state index in [9.17, 15) is 14.4 Å². The van der Waals surface area contributed by atoms with Crippen molar-refractivity contribution in [1.29, 1.82) is 0 Å². The van der Waals surface area contributed by atoms with Crippen molar-refractivity contribution in [2.75, 3.05) is 13.2 Å². The molecule has 0 aliphatic rings. The Hall–Kier alpha value is -2.89. The minimum absolute atomic E-state index is 0.102. The van der Waals surface area contributed by atoms with Gasteiger partial charge in [-0.25, -0.2) is 0 Å². The molecule has 0 heterocycles. The summed E-state index contributed by atoms with van der Waals surface area (Å²) in [6.07, 6.45) is 57.8. The lowest BCUT2D eigenvalue weighted by Crippen LogP contribution is -2.30. The van der Waals surface area contributed by atoms with Crippen molar-refractivity contribution in [2.45, 2.75) is 245 Å². The average Bonchev–Trinajstić information content (AvgIpc) is 3.23. The van der Waals surface area contributed by atoms with Crippen LogP contribution in [0.2, 0.25) is 0 Å². The van der Waals surface area contributed by atoms with Crippen molar-refractivity contribution in [3.63, 3.8) is 0 Å². The van der Waals surface area contributed by atoms with Crippen LogP contribution in [0.5, 0.6) is 0 Å². The summed E-state index contributed by atoms with van der Waals surface area (Å²) in [6, 6.07) is 0. The maximum absolute atomic E-state index is 12.7. The van der Waals surface area contributed by atoms with Gasteiger partial charge < -0.3 is 14.2 Å². The van der Waals surface area contributed by atoms with Crippen molar-refractivity contribution >= 4 is 17.9 Å². The van der Waals surface area contributed by atoms with Crippen molar-refractivity contribution in [3.05, 3.63) is 60.8 Å². The molecule has 6 nitrogen and oxygen atoms in total. The third kappa shape index (κ3) is 46.0. The molecule has 340 valence electrons. The van der Waals surface area contributed by atoms with Crippen molar-refractivity contribution < 1.29 is 28.6 Å². The highest BCUT2D eigenvalue weighted by atomic mass is 16.6. The SMILES string of the molecule is CCCC/C=C\C=C/CCCCCC(=O)OCC(COC(=O)CCC/C=C\C/C=C\C/C=C\CCCCCCCC)OC(=O)CCCCCCCCCCCCCCC. The van der Waals surface area contributed by atoms with Crippen LogP contribution < -0.4 is 0 Å². The van der Waals surface area contributed by atoms with Crippen LogP contribution in [0.3, 0.4) is 0 Å². The van der Waals surface area contributed by atoms with E-state index in [0.29, 0.717) is 19.3 Å². The predicted octanol–water partition coefficient (Wildman–Crippen LogP) is 16.1. The molecule has 0 aliphatic carbocycles. The van der Waals surface area contributed by atoms with E-state index in [-0.39, 0.29) is 37.5 Å². The van der Waals surface area contributed by atoms with Gasteiger partial charge in [-0.15, -0.1) is 0 Å². The molecule has 0 spiro atoms. The molecule has 0 fully saturated rings. The van der Waals surface area contributed by atoms with Crippen LogP contribution in [-0.2, 0) is 28.6 Å². The summed E-state index contributed by atoms with van der Waals surface area (Å²) in [7, 11) is 0. The van der Waals surface area contributed by atoms with Crippen LogP contribution in [0.25, 0.3) is 0 Å². The number of rotatable bonds is 44.